The van der Waals surface area contributed by atoms with Crippen LogP contribution in [0.5, 0.6) is 0 Å². The summed E-state index contributed by atoms with van der Waals surface area (Å²) in [6.45, 7) is 0.835. The van der Waals surface area contributed by atoms with E-state index in [9.17, 15) is 4.79 Å². The first-order chi connectivity index (χ1) is 9.11. The summed E-state index contributed by atoms with van der Waals surface area (Å²) in [6.07, 6.45) is 2.06. The van der Waals surface area contributed by atoms with Crippen molar-refractivity contribution in [3.8, 4) is 0 Å². The SMILES string of the molecule is CSCCn1c(SCC(=O)O)nc2cc(Br)ccc21. The predicted octanol–water partition coefficient (Wildman–Crippen LogP) is 3.34. The lowest BCUT2D eigenvalue weighted by molar-refractivity contribution is -0.133. The minimum Gasteiger partial charge on any atom is -0.481 e. The first-order valence-corrected chi connectivity index (χ1v) is 8.78. The molecule has 2 aromatic rings. The van der Waals surface area contributed by atoms with Crippen molar-refractivity contribution in [3.05, 3.63) is 22.7 Å². The summed E-state index contributed by atoms with van der Waals surface area (Å²) in [7, 11) is 0. The molecule has 102 valence electrons. The van der Waals surface area contributed by atoms with Gasteiger partial charge in [0.15, 0.2) is 5.16 Å². The smallest absolute Gasteiger partial charge is 0.313 e. The largest absolute Gasteiger partial charge is 0.481 e. The Labute approximate surface area is 128 Å². The quantitative estimate of drug-likeness (QED) is 0.800. The zero-order valence-electron chi connectivity index (χ0n) is 10.3. The molecule has 0 saturated heterocycles. The first-order valence-electron chi connectivity index (χ1n) is 5.61. The third kappa shape index (κ3) is 3.67. The van der Waals surface area contributed by atoms with Crippen LogP contribution < -0.4 is 0 Å². The van der Waals surface area contributed by atoms with Crippen molar-refractivity contribution in [1.29, 1.82) is 0 Å². The van der Waals surface area contributed by atoms with E-state index in [0.717, 1.165) is 33.0 Å². The fourth-order valence-electron chi connectivity index (χ4n) is 1.72. The van der Waals surface area contributed by atoms with E-state index in [0.29, 0.717) is 0 Å². The number of hydrogen-bond donors (Lipinski definition) is 1. The molecule has 1 N–H and O–H groups in total. The van der Waals surface area contributed by atoms with Gasteiger partial charge >= 0.3 is 5.97 Å². The van der Waals surface area contributed by atoms with Crippen LogP contribution in [0.25, 0.3) is 11.0 Å². The van der Waals surface area contributed by atoms with Crippen molar-refractivity contribution in [2.75, 3.05) is 17.8 Å². The molecule has 0 fully saturated rings. The van der Waals surface area contributed by atoms with Gasteiger partial charge in [0.05, 0.1) is 16.8 Å². The third-order valence-electron chi connectivity index (χ3n) is 2.52. The summed E-state index contributed by atoms with van der Waals surface area (Å²) in [5, 5.41) is 9.56. The van der Waals surface area contributed by atoms with Crippen molar-refractivity contribution in [1.82, 2.24) is 9.55 Å². The highest BCUT2D eigenvalue weighted by atomic mass is 79.9. The maximum atomic E-state index is 10.7. The number of nitrogens with zero attached hydrogens (tertiary/aromatic N) is 2. The molecule has 0 aliphatic heterocycles. The number of hydrogen-bond acceptors (Lipinski definition) is 4. The molecule has 0 bridgehead atoms. The van der Waals surface area contributed by atoms with Gasteiger partial charge in [-0.1, -0.05) is 27.7 Å². The molecular weight excluding hydrogens is 348 g/mol. The van der Waals surface area contributed by atoms with Crippen molar-refractivity contribution in [2.45, 2.75) is 11.7 Å². The molecule has 1 heterocycles. The molecular formula is C12H13BrN2O2S2. The number of carboxylic acid groups (broad SMARTS) is 1. The summed E-state index contributed by atoms with van der Waals surface area (Å²) in [5.41, 5.74) is 1.94. The number of thioether (sulfide) groups is 2. The average molecular weight is 361 g/mol. The zero-order chi connectivity index (χ0) is 13.8. The van der Waals surface area contributed by atoms with Gasteiger partial charge in [-0.2, -0.15) is 11.8 Å². The highest BCUT2D eigenvalue weighted by Gasteiger charge is 2.12. The van der Waals surface area contributed by atoms with Crippen LogP contribution in [0.3, 0.4) is 0 Å². The molecule has 19 heavy (non-hydrogen) atoms. The Hall–Kier alpha value is -0.660. The monoisotopic (exact) mass is 360 g/mol. The average Bonchev–Trinajstić information content (AvgIpc) is 2.70. The summed E-state index contributed by atoms with van der Waals surface area (Å²) >= 11 is 6.45. The van der Waals surface area contributed by atoms with Gasteiger partial charge in [0.2, 0.25) is 0 Å². The lowest BCUT2D eigenvalue weighted by atomic mass is 10.3. The van der Waals surface area contributed by atoms with Crippen LogP contribution in [0.2, 0.25) is 0 Å². The summed E-state index contributed by atoms with van der Waals surface area (Å²) in [6, 6.07) is 5.94. The number of imidazole rings is 1. The minimum absolute atomic E-state index is 0.0315. The Balaban J connectivity index is 2.38. The van der Waals surface area contributed by atoms with Gasteiger partial charge in [-0.05, 0) is 24.5 Å². The van der Waals surface area contributed by atoms with Crippen LogP contribution in [0.15, 0.2) is 27.8 Å². The molecule has 0 aliphatic rings. The van der Waals surface area contributed by atoms with Gasteiger partial charge < -0.3 is 9.67 Å². The van der Waals surface area contributed by atoms with Crippen molar-refractivity contribution in [3.63, 3.8) is 0 Å². The molecule has 1 aromatic carbocycles. The van der Waals surface area contributed by atoms with Gasteiger partial charge in [0, 0.05) is 16.8 Å². The van der Waals surface area contributed by atoms with Gasteiger partial charge in [0.25, 0.3) is 0 Å². The van der Waals surface area contributed by atoms with Crippen LogP contribution in [-0.4, -0.2) is 38.4 Å². The summed E-state index contributed by atoms with van der Waals surface area (Å²) in [5.74, 6) is 0.181. The number of aryl methyl sites for hydroxylation is 1. The molecule has 0 aliphatic carbocycles. The molecule has 2 rings (SSSR count). The van der Waals surface area contributed by atoms with Gasteiger partial charge in [0.1, 0.15) is 0 Å². The van der Waals surface area contributed by atoms with Gasteiger partial charge in [-0.15, -0.1) is 0 Å². The number of rotatable bonds is 6. The second-order valence-electron chi connectivity index (χ2n) is 3.85. The van der Waals surface area contributed by atoms with Crippen LogP contribution in [0, 0.1) is 0 Å². The number of carbonyl (C=O) groups is 1. The van der Waals surface area contributed by atoms with Crippen molar-refractivity contribution < 1.29 is 9.90 Å². The molecule has 0 unspecified atom stereocenters. The Morgan fingerprint density at radius 3 is 3.00 bits per heavy atom. The molecule has 0 atom stereocenters. The maximum Gasteiger partial charge on any atom is 0.313 e. The third-order valence-corrected chi connectivity index (χ3v) is 4.56. The summed E-state index contributed by atoms with van der Waals surface area (Å²) in [4.78, 5) is 15.2. The number of halogens is 1. The van der Waals surface area contributed by atoms with Gasteiger partial charge in [-0.3, -0.25) is 4.79 Å². The molecule has 0 amide bonds. The second kappa shape index (κ2) is 6.67. The Bertz CT molecular complexity index is 601. The van der Waals surface area contributed by atoms with E-state index in [4.69, 9.17) is 5.11 Å². The lowest BCUT2D eigenvalue weighted by Crippen LogP contribution is -2.04. The van der Waals surface area contributed by atoms with E-state index in [1.807, 2.05) is 18.2 Å². The second-order valence-corrected chi connectivity index (χ2v) is 6.70. The summed E-state index contributed by atoms with van der Waals surface area (Å²) < 4.78 is 3.07. The van der Waals surface area contributed by atoms with E-state index in [1.165, 1.54) is 11.8 Å². The standard InChI is InChI=1S/C12H13BrN2O2S2/c1-18-5-4-15-10-3-2-8(13)6-9(10)14-12(15)19-7-11(16)17/h2-3,6H,4-5,7H2,1H3,(H,16,17). The van der Waals surface area contributed by atoms with E-state index >= 15 is 0 Å². The number of carboxylic acids is 1. The maximum absolute atomic E-state index is 10.7. The molecule has 7 heteroatoms. The van der Waals surface area contributed by atoms with E-state index in [2.05, 4.69) is 31.7 Å². The Morgan fingerprint density at radius 2 is 2.32 bits per heavy atom. The van der Waals surface area contributed by atoms with E-state index in [1.54, 1.807) is 11.8 Å². The molecule has 1 aromatic heterocycles. The first kappa shape index (κ1) is 14.7. The van der Waals surface area contributed by atoms with E-state index < -0.39 is 5.97 Å². The zero-order valence-corrected chi connectivity index (χ0v) is 13.5. The lowest BCUT2D eigenvalue weighted by Gasteiger charge is -2.06. The topological polar surface area (TPSA) is 55.1 Å². The molecule has 0 spiro atoms. The molecule has 4 nitrogen and oxygen atoms in total. The Morgan fingerprint density at radius 1 is 1.53 bits per heavy atom. The van der Waals surface area contributed by atoms with Crippen LogP contribution in [0.4, 0.5) is 0 Å². The van der Waals surface area contributed by atoms with Crippen molar-refractivity contribution in [2.24, 2.45) is 0 Å². The van der Waals surface area contributed by atoms with Crippen LogP contribution in [-0.2, 0) is 11.3 Å². The fraction of sp³-hybridized carbons (Fsp3) is 0.333. The number of benzene rings is 1. The minimum atomic E-state index is -0.824. The number of aliphatic carboxylic acids is 1. The van der Waals surface area contributed by atoms with E-state index in [-0.39, 0.29) is 5.75 Å². The fourth-order valence-corrected chi connectivity index (χ4v) is 3.19. The molecule has 0 radical (unpaired) electrons. The predicted molar refractivity (Wildman–Crippen MR) is 84.2 cm³/mol. The highest BCUT2D eigenvalue weighted by molar-refractivity contribution is 9.10. The normalized spacial score (nSPS) is 11.1. The van der Waals surface area contributed by atoms with Gasteiger partial charge in [-0.25, -0.2) is 4.98 Å². The Kier molecular flexibility index (Phi) is 5.18. The van der Waals surface area contributed by atoms with Crippen molar-refractivity contribution >= 4 is 56.5 Å². The number of aromatic nitrogens is 2. The van der Waals surface area contributed by atoms with Crippen LogP contribution in [0.1, 0.15) is 0 Å². The highest BCUT2D eigenvalue weighted by Crippen LogP contribution is 2.26. The van der Waals surface area contributed by atoms with Crippen LogP contribution >= 0.6 is 39.5 Å². The number of fused-ring (bicyclic) bond motifs is 1. The molecule has 0 saturated carbocycles.